The summed E-state index contributed by atoms with van der Waals surface area (Å²) in [6, 6.07) is 0. The predicted octanol–water partition coefficient (Wildman–Crippen LogP) is 4.45. The number of hydrogen-bond acceptors (Lipinski definition) is 3. The van der Waals surface area contributed by atoms with Crippen molar-refractivity contribution in [1.82, 2.24) is 0 Å². The lowest BCUT2D eigenvalue weighted by Gasteiger charge is -2.36. The van der Waals surface area contributed by atoms with Gasteiger partial charge < -0.3 is 4.74 Å². The van der Waals surface area contributed by atoms with Crippen LogP contribution in [-0.4, -0.2) is 11.9 Å². The molecule has 1 aliphatic heterocycles. The van der Waals surface area contributed by atoms with E-state index in [0.717, 1.165) is 12.8 Å². The van der Waals surface area contributed by atoms with Crippen LogP contribution in [0.25, 0.3) is 0 Å². The first-order valence-electron chi connectivity index (χ1n) is 8.09. The summed E-state index contributed by atoms with van der Waals surface area (Å²) in [7, 11) is 0. The Kier molecular flexibility index (Phi) is 5.28. The maximum absolute atomic E-state index is 12.1. The molecule has 0 saturated carbocycles. The van der Waals surface area contributed by atoms with Crippen molar-refractivity contribution in [3.05, 3.63) is 0 Å². The van der Waals surface area contributed by atoms with Crippen molar-refractivity contribution in [2.75, 3.05) is 0 Å². The standard InChI is InChI=1S/C18H32O3/c1-11(2)9-12(17(3,4)5)10-13-14(18(6,7)8)16(20)21-15(13)19/h11-14H,9-10H2,1-8H3. The molecule has 3 unspecified atom stereocenters. The van der Waals surface area contributed by atoms with E-state index in [1.54, 1.807) is 0 Å². The van der Waals surface area contributed by atoms with E-state index in [0.29, 0.717) is 11.8 Å². The number of hydrogen-bond donors (Lipinski definition) is 0. The van der Waals surface area contributed by atoms with Gasteiger partial charge in [-0.3, -0.25) is 9.59 Å². The first-order valence-corrected chi connectivity index (χ1v) is 8.09. The first kappa shape index (κ1) is 18.2. The molecule has 0 aromatic rings. The summed E-state index contributed by atoms with van der Waals surface area (Å²) in [5.41, 5.74) is -0.118. The minimum Gasteiger partial charge on any atom is -0.393 e. The van der Waals surface area contributed by atoms with E-state index in [9.17, 15) is 9.59 Å². The van der Waals surface area contributed by atoms with Gasteiger partial charge in [0, 0.05) is 0 Å². The molecular formula is C18H32O3. The van der Waals surface area contributed by atoms with Gasteiger partial charge in [-0.05, 0) is 35.5 Å². The van der Waals surface area contributed by atoms with Crippen molar-refractivity contribution >= 4 is 11.9 Å². The molecule has 0 bridgehead atoms. The lowest BCUT2D eigenvalue weighted by atomic mass is 9.66. The van der Waals surface area contributed by atoms with Crippen LogP contribution in [0.1, 0.15) is 68.2 Å². The van der Waals surface area contributed by atoms with E-state index >= 15 is 0 Å². The summed E-state index contributed by atoms with van der Waals surface area (Å²) >= 11 is 0. The fourth-order valence-corrected chi connectivity index (χ4v) is 3.41. The van der Waals surface area contributed by atoms with Crippen LogP contribution in [0.5, 0.6) is 0 Å². The number of carbonyl (C=O) groups is 2. The molecule has 3 heteroatoms. The molecule has 0 aromatic heterocycles. The van der Waals surface area contributed by atoms with Crippen LogP contribution in [0.2, 0.25) is 0 Å². The van der Waals surface area contributed by atoms with Gasteiger partial charge in [0.1, 0.15) is 0 Å². The Hall–Kier alpha value is -0.860. The second kappa shape index (κ2) is 6.10. The van der Waals surface area contributed by atoms with Crippen LogP contribution >= 0.6 is 0 Å². The molecule has 1 aliphatic rings. The minimum atomic E-state index is -0.338. The van der Waals surface area contributed by atoms with Crippen molar-refractivity contribution in [2.45, 2.75) is 68.2 Å². The number of ether oxygens (including phenoxy) is 1. The van der Waals surface area contributed by atoms with Gasteiger partial charge in [-0.25, -0.2) is 0 Å². The van der Waals surface area contributed by atoms with Crippen molar-refractivity contribution in [2.24, 2.45) is 34.5 Å². The molecule has 0 amide bonds. The molecule has 0 aromatic carbocycles. The SMILES string of the molecule is CC(C)CC(CC1C(=O)OC(=O)C1C(C)(C)C)C(C)(C)C. The van der Waals surface area contributed by atoms with Gasteiger partial charge in [0.15, 0.2) is 0 Å². The van der Waals surface area contributed by atoms with Gasteiger partial charge in [0.05, 0.1) is 11.8 Å². The molecule has 1 heterocycles. The maximum Gasteiger partial charge on any atom is 0.318 e. The summed E-state index contributed by atoms with van der Waals surface area (Å²) < 4.78 is 4.95. The third-order valence-corrected chi connectivity index (χ3v) is 4.61. The quantitative estimate of drug-likeness (QED) is 0.568. The number of rotatable bonds is 4. The van der Waals surface area contributed by atoms with Crippen LogP contribution in [0, 0.1) is 34.5 Å². The second-order valence-electron chi connectivity index (χ2n) is 9.12. The summed E-state index contributed by atoms with van der Waals surface area (Å²) in [6.07, 6.45) is 1.81. The van der Waals surface area contributed by atoms with E-state index in [-0.39, 0.29) is 34.6 Å². The average Bonchev–Trinajstić information content (AvgIpc) is 2.49. The van der Waals surface area contributed by atoms with Gasteiger partial charge in [-0.1, -0.05) is 55.4 Å². The average molecular weight is 296 g/mol. The monoisotopic (exact) mass is 296 g/mol. The Balaban J connectivity index is 3.00. The number of carbonyl (C=O) groups excluding carboxylic acids is 2. The summed E-state index contributed by atoms with van der Waals surface area (Å²) in [4.78, 5) is 24.2. The highest BCUT2D eigenvalue weighted by Gasteiger charge is 2.51. The Morgan fingerprint density at radius 2 is 1.52 bits per heavy atom. The Bertz CT molecular complexity index is 396. The summed E-state index contributed by atoms with van der Waals surface area (Å²) in [5.74, 6) is -0.281. The number of esters is 2. The molecule has 1 rings (SSSR count). The van der Waals surface area contributed by atoms with Gasteiger partial charge >= 0.3 is 11.9 Å². The van der Waals surface area contributed by atoms with Gasteiger partial charge in [0.25, 0.3) is 0 Å². The second-order valence-corrected chi connectivity index (χ2v) is 9.12. The third kappa shape index (κ3) is 4.55. The Labute approximate surface area is 129 Å². The highest BCUT2D eigenvalue weighted by molar-refractivity contribution is 5.96. The topological polar surface area (TPSA) is 43.4 Å². The van der Waals surface area contributed by atoms with Crippen LogP contribution in [-0.2, 0) is 14.3 Å². The largest absolute Gasteiger partial charge is 0.393 e. The molecule has 21 heavy (non-hydrogen) atoms. The third-order valence-electron chi connectivity index (χ3n) is 4.61. The molecule has 0 N–H and O–H groups in total. The first-order chi connectivity index (χ1) is 9.34. The lowest BCUT2D eigenvalue weighted by molar-refractivity contribution is -0.154. The van der Waals surface area contributed by atoms with Crippen molar-refractivity contribution in [1.29, 1.82) is 0 Å². The Morgan fingerprint density at radius 1 is 1.00 bits per heavy atom. The maximum atomic E-state index is 12.1. The van der Waals surface area contributed by atoms with E-state index in [2.05, 4.69) is 34.6 Å². The molecule has 122 valence electrons. The molecule has 0 radical (unpaired) electrons. The van der Waals surface area contributed by atoms with E-state index < -0.39 is 0 Å². The molecule has 3 nitrogen and oxygen atoms in total. The zero-order chi connectivity index (χ0) is 16.6. The predicted molar refractivity (Wildman–Crippen MR) is 84.6 cm³/mol. The Morgan fingerprint density at radius 3 is 1.90 bits per heavy atom. The van der Waals surface area contributed by atoms with E-state index in [1.165, 1.54) is 0 Å². The fraction of sp³-hybridized carbons (Fsp3) is 0.889. The van der Waals surface area contributed by atoms with E-state index in [4.69, 9.17) is 4.74 Å². The molecule has 0 aliphatic carbocycles. The zero-order valence-corrected chi connectivity index (χ0v) is 14.9. The fourth-order valence-electron chi connectivity index (χ4n) is 3.41. The van der Waals surface area contributed by atoms with Gasteiger partial charge in [-0.2, -0.15) is 0 Å². The van der Waals surface area contributed by atoms with Crippen molar-refractivity contribution < 1.29 is 14.3 Å². The highest BCUT2D eigenvalue weighted by Crippen LogP contribution is 2.45. The van der Waals surface area contributed by atoms with Crippen LogP contribution in [0.4, 0.5) is 0 Å². The normalized spacial score (nSPS) is 25.4. The number of cyclic esters (lactones) is 2. The smallest absolute Gasteiger partial charge is 0.318 e. The van der Waals surface area contributed by atoms with E-state index in [1.807, 2.05) is 20.8 Å². The summed E-state index contributed by atoms with van der Waals surface area (Å²) in [6.45, 7) is 17.1. The molecule has 3 atom stereocenters. The lowest BCUT2D eigenvalue weighted by Crippen LogP contribution is -2.34. The van der Waals surface area contributed by atoms with Gasteiger partial charge in [0.2, 0.25) is 0 Å². The minimum absolute atomic E-state index is 0.124. The molecule has 1 saturated heterocycles. The highest BCUT2D eigenvalue weighted by atomic mass is 16.6. The van der Waals surface area contributed by atoms with Crippen LogP contribution in [0.3, 0.4) is 0 Å². The van der Waals surface area contributed by atoms with Gasteiger partial charge in [-0.15, -0.1) is 0 Å². The molecule has 0 spiro atoms. The van der Waals surface area contributed by atoms with Crippen LogP contribution < -0.4 is 0 Å². The summed E-state index contributed by atoms with van der Waals surface area (Å²) in [5, 5.41) is 0. The molecule has 1 fully saturated rings. The molecular weight excluding hydrogens is 264 g/mol. The zero-order valence-electron chi connectivity index (χ0n) is 14.9. The van der Waals surface area contributed by atoms with Crippen LogP contribution in [0.15, 0.2) is 0 Å². The van der Waals surface area contributed by atoms with Crippen molar-refractivity contribution in [3.8, 4) is 0 Å². The van der Waals surface area contributed by atoms with Crippen molar-refractivity contribution in [3.63, 3.8) is 0 Å².